The Morgan fingerprint density at radius 3 is 2.53 bits per heavy atom. The first kappa shape index (κ1) is 12.2. The van der Waals surface area contributed by atoms with Crippen LogP contribution in [0.15, 0.2) is 12.4 Å². The number of aliphatic hydroxyl groups excluding tert-OH is 1. The van der Waals surface area contributed by atoms with Crippen molar-refractivity contribution in [3.05, 3.63) is 18.0 Å². The molecule has 86 valence electrons. The van der Waals surface area contributed by atoms with E-state index in [1.807, 2.05) is 30.9 Å². The van der Waals surface area contributed by atoms with Crippen LogP contribution in [-0.2, 0) is 13.0 Å². The zero-order valence-electron chi connectivity index (χ0n) is 10.1. The summed E-state index contributed by atoms with van der Waals surface area (Å²) in [5.74, 6) is 0.931. The van der Waals surface area contributed by atoms with Crippen molar-refractivity contribution in [2.24, 2.45) is 11.8 Å². The van der Waals surface area contributed by atoms with Crippen molar-refractivity contribution < 1.29 is 5.11 Å². The maximum atomic E-state index is 9.71. The van der Waals surface area contributed by atoms with Crippen molar-refractivity contribution in [1.29, 1.82) is 0 Å². The van der Waals surface area contributed by atoms with Crippen molar-refractivity contribution in [3.63, 3.8) is 0 Å². The van der Waals surface area contributed by atoms with E-state index >= 15 is 0 Å². The van der Waals surface area contributed by atoms with Crippen molar-refractivity contribution in [2.45, 2.75) is 46.8 Å². The molecule has 0 fully saturated rings. The van der Waals surface area contributed by atoms with E-state index in [1.54, 1.807) is 0 Å². The van der Waals surface area contributed by atoms with Crippen molar-refractivity contribution in [3.8, 4) is 0 Å². The molecule has 3 heteroatoms. The minimum Gasteiger partial charge on any atom is -0.391 e. The van der Waals surface area contributed by atoms with Gasteiger partial charge in [0.1, 0.15) is 0 Å². The minimum absolute atomic E-state index is 0.280. The lowest BCUT2D eigenvalue weighted by Crippen LogP contribution is -2.21. The van der Waals surface area contributed by atoms with Gasteiger partial charge < -0.3 is 5.11 Å². The summed E-state index contributed by atoms with van der Waals surface area (Å²) in [5.41, 5.74) is 1.25. The molecule has 1 rings (SSSR count). The van der Waals surface area contributed by atoms with E-state index in [0.29, 0.717) is 12.5 Å². The highest BCUT2D eigenvalue weighted by Crippen LogP contribution is 2.08. The van der Waals surface area contributed by atoms with E-state index in [4.69, 9.17) is 0 Å². The zero-order chi connectivity index (χ0) is 11.4. The number of rotatable bonds is 5. The normalized spacial score (nSPS) is 13.8. The Kier molecular flexibility index (Phi) is 4.33. The predicted octanol–water partition coefficient (Wildman–Crippen LogP) is 2.10. The second kappa shape index (κ2) is 5.31. The Balaban J connectivity index is 2.53. The topological polar surface area (TPSA) is 38.0 Å². The molecule has 0 radical (unpaired) electrons. The summed E-state index contributed by atoms with van der Waals surface area (Å²) in [6, 6.07) is 0. The van der Waals surface area contributed by atoms with Crippen LogP contribution in [0.1, 0.15) is 33.3 Å². The quantitative estimate of drug-likeness (QED) is 0.808. The van der Waals surface area contributed by atoms with Gasteiger partial charge in [-0.2, -0.15) is 5.10 Å². The summed E-state index contributed by atoms with van der Waals surface area (Å²) < 4.78 is 1.84. The van der Waals surface area contributed by atoms with E-state index in [1.165, 1.54) is 5.56 Å². The van der Waals surface area contributed by atoms with Crippen LogP contribution in [0.25, 0.3) is 0 Å². The zero-order valence-corrected chi connectivity index (χ0v) is 10.1. The molecular formula is C12H22N2O. The number of nitrogens with zero attached hydrogens (tertiary/aromatic N) is 2. The Labute approximate surface area is 92.1 Å². The van der Waals surface area contributed by atoms with Crippen LogP contribution in [0.5, 0.6) is 0 Å². The first-order valence-corrected chi connectivity index (χ1v) is 5.68. The van der Waals surface area contributed by atoms with Gasteiger partial charge in [0.05, 0.1) is 18.8 Å². The second-order valence-corrected chi connectivity index (χ2v) is 4.98. The van der Waals surface area contributed by atoms with E-state index in [0.717, 1.165) is 6.42 Å². The molecule has 15 heavy (non-hydrogen) atoms. The summed E-state index contributed by atoms with van der Waals surface area (Å²) in [7, 11) is 0. The molecule has 1 atom stereocenters. The van der Waals surface area contributed by atoms with Crippen molar-refractivity contribution in [2.75, 3.05) is 0 Å². The molecule has 1 heterocycles. The van der Waals surface area contributed by atoms with Gasteiger partial charge in [-0.1, -0.05) is 27.7 Å². The Morgan fingerprint density at radius 1 is 1.33 bits per heavy atom. The number of aromatic nitrogens is 2. The SMILES string of the molecule is CC(C)Cc1cnn(C[C@H](O)C(C)C)c1. The Hall–Kier alpha value is -0.830. The lowest BCUT2D eigenvalue weighted by atomic mass is 10.1. The molecule has 0 spiro atoms. The van der Waals surface area contributed by atoms with Crippen molar-refractivity contribution in [1.82, 2.24) is 9.78 Å². The summed E-state index contributed by atoms with van der Waals surface area (Å²) in [4.78, 5) is 0. The van der Waals surface area contributed by atoms with Crippen LogP contribution < -0.4 is 0 Å². The highest BCUT2D eigenvalue weighted by Gasteiger charge is 2.10. The average molecular weight is 210 g/mol. The van der Waals surface area contributed by atoms with Gasteiger partial charge in [-0.3, -0.25) is 4.68 Å². The lowest BCUT2D eigenvalue weighted by Gasteiger charge is -2.13. The van der Waals surface area contributed by atoms with Gasteiger partial charge >= 0.3 is 0 Å². The molecule has 1 N–H and O–H groups in total. The molecular weight excluding hydrogens is 188 g/mol. The largest absolute Gasteiger partial charge is 0.391 e. The molecule has 3 nitrogen and oxygen atoms in total. The fourth-order valence-corrected chi connectivity index (χ4v) is 1.49. The molecule has 0 unspecified atom stereocenters. The first-order valence-electron chi connectivity index (χ1n) is 5.68. The fraction of sp³-hybridized carbons (Fsp3) is 0.750. The monoisotopic (exact) mass is 210 g/mol. The molecule has 0 saturated carbocycles. The molecule has 0 aliphatic carbocycles. The fourth-order valence-electron chi connectivity index (χ4n) is 1.49. The van der Waals surface area contributed by atoms with Gasteiger partial charge in [-0.25, -0.2) is 0 Å². The summed E-state index contributed by atoms with van der Waals surface area (Å²) in [5, 5.41) is 14.0. The van der Waals surface area contributed by atoms with E-state index in [9.17, 15) is 5.11 Å². The smallest absolute Gasteiger partial charge is 0.0758 e. The number of hydrogen-bond donors (Lipinski definition) is 1. The van der Waals surface area contributed by atoms with E-state index in [2.05, 4.69) is 18.9 Å². The Bertz CT molecular complexity index is 292. The minimum atomic E-state index is -0.309. The third kappa shape index (κ3) is 4.04. The lowest BCUT2D eigenvalue weighted by molar-refractivity contribution is 0.103. The van der Waals surface area contributed by atoms with Crippen LogP contribution in [0.3, 0.4) is 0 Å². The standard InChI is InChI=1S/C12H22N2O/c1-9(2)5-11-6-13-14(7-11)8-12(15)10(3)4/h6-7,9-10,12,15H,5,8H2,1-4H3/t12-/m0/s1. The number of hydrogen-bond acceptors (Lipinski definition) is 2. The maximum Gasteiger partial charge on any atom is 0.0758 e. The predicted molar refractivity (Wildman–Crippen MR) is 61.6 cm³/mol. The van der Waals surface area contributed by atoms with Gasteiger partial charge in [-0.05, 0) is 23.8 Å². The Morgan fingerprint density at radius 2 is 2.00 bits per heavy atom. The average Bonchev–Trinajstić information content (AvgIpc) is 2.51. The molecule has 1 aromatic heterocycles. The molecule has 0 aliphatic heterocycles. The van der Waals surface area contributed by atoms with E-state index < -0.39 is 0 Å². The molecule has 0 saturated heterocycles. The molecule has 0 aliphatic rings. The van der Waals surface area contributed by atoms with Gasteiger partial charge in [0.25, 0.3) is 0 Å². The molecule has 0 bridgehead atoms. The summed E-state index contributed by atoms with van der Waals surface area (Å²) in [6.07, 6.45) is 4.67. The second-order valence-electron chi connectivity index (χ2n) is 4.98. The van der Waals surface area contributed by atoms with Gasteiger partial charge in [0, 0.05) is 6.20 Å². The van der Waals surface area contributed by atoms with Crippen LogP contribution in [0, 0.1) is 11.8 Å². The van der Waals surface area contributed by atoms with Crippen LogP contribution >= 0.6 is 0 Å². The maximum absolute atomic E-state index is 9.71. The van der Waals surface area contributed by atoms with Gasteiger partial charge in [0.15, 0.2) is 0 Å². The molecule has 1 aromatic rings. The summed E-state index contributed by atoms with van der Waals surface area (Å²) in [6.45, 7) is 9.02. The number of aliphatic hydroxyl groups is 1. The van der Waals surface area contributed by atoms with Crippen LogP contribution in [0.2, 0.25) is 0 Å². The third-order valence-corrected chi connectivity index (χ3v) is 2.47. The van der Waals surface area contributed by atoms with Crippen LogP contribution in [-0.4, -0.2) is 21.0 Å². The van der Waals surface area contributed by atoms with E-state index in [-0.39, 0.29) is 12.0 Å². The third-order valence-electron chi connectivity index (χ3n) is 2.47. The van der Waals surface area contributed by atoms with Gasteiger partial charge in [0.2, 0.25) is 0 Å². The first-order chi connectivity index (χ1) is 6.99. The van der Waals surface area contributed by atoms with Gasteiger partial charge in [-0.15, -0.1) is 0 Å². The highest BCUT2D eigenvalue weighted by atomic mass is 16.3. The molecule has 0 amide bonds. The van der Waals surface area contributed by atoms with Crippen LogP contribution in [0.4, 0.5) is 0 Å². The highest BCUT2D eigenvalue weighted by molar-refractivity contribution is 5.04. The van der Waals surface area contributed by atoms with Crippen molar-refractivity contribution >= 4 is 0 Å². The molecule has 0 aromatic carbocycles. The summed E-state index contributed by atoms with van der Waals surface area (Å²) >= 11 is 0.